The largest absolute Gasteiger partial charge is 0.300 e. The van der Waals surface area contributed by atoms with Crippen LogP contribution in [0.15, 0.2) is 24.3 Å². The lowest BCUT2D eigenvalue weighted by atomic mass is 9.85. The van der Waals surface area contributed by atoms with Gasteiger partial charge < -0.3 is 0 Å². The Bertz CT molecular complexity index is 456. The number of likely N-dealkylation sites (N-methyl/N-ethyl adjacent to an activating group) is 1. The van der Waals surface area contributed by atoms with Crippen molar-refractivity contribution in [3.05, 3.63) is 35.4 Å². The van der Waals surface area contributed by atoms with Gasteiger partial charge in [0.05, 0.1) is 0 Å². The van der Waals surface area contributed by atoms with Gasteiger partial charge >= 0.3 is 0 Å². The molecule has 4 rings (SSSR count). The molecule has 3 aliphatic rings. The van der Waals surface area contributed by atoms with E-state index < -0.39 is 0 Å². The number of benzene rings is 1. The van der Waals surface area contributed by atoms with Crippen LogP contribution in [0.4, 0.5) is 0 Å². The summed E-state index contributed by atoms with van der Waals surface area (Å²) in [5.74, 6) is 0. The number of piperazine rings is 1. The van der Waals surface area contributed by atoms with Crippen LogP contribution in [0.5, 0.6) is 0 Å². The Labute approximate surface area is 110 Å². The quantitative estimate of drug-likeness (QED) is 0.690. The number of nitrogens with zero attached hydrogens (tertiary/aromatic N) is 2. The van der Waals surface area contributed by atoms with Gasteiger partial charge in [0.15, 0.2) is 0 Å². The highest BCUT2D eigenvalue weighted by Crippen LogP contribution is 2.43. The highest BCUT2D eigenvalue weighted by molar-refractivity contribution is 5.35. The molecule has 2 heteroatoms. The van der Waals surface area contributed by atoms with E-state index >= 15 is 0 Å². The fraction of sp³-hybridized carbons (Fsp3) is 0.625. The Balaban J connectivity index is 1.71. The van der Waals surface area contributed by atoms with Crippen LogP contribution in [-0.2, 0) is 6.54 Å². The SMILES string of the molecule is CN1CC2c3ccccc3CN2C2CCCCC21. The van der Waals surface area contributed by atoms with Crippen LogP contribution in [0.2, 0.25) is 0 Å². The summed E-state index contributed by atoms with van der Waals surface area (Å²) in [4.78, 5) is 5.43. The maximum absolute atomic E-state index is 2.80. The predicted octanol–water partition coefficient (Wildman–Crippen LogP) is 2.80. The monoisotopic (exact) mass is 242 g/mol. The maximum Gasteiger partial charge on any atom is 0.0485 e. The molecule has 96 valence electrons. The van der Waals surface area contributed by atoms with Gasteiger partial charge in [-0.25, -0.2) is 0 Å². The third kappa shape index (κ3) is 1.49. The Morgan fingerprint density at radius 3 is 2.72 bits per heavy atom. The Morgan fingerprint density at radius 1 is 1.06 bits per heavy atom. The van der Waals surface area contributed by atoms with E-state index in [-0.39, 0.29) is 0 Å². The van der Waals surface area contributed by atoms with Crippen molar-refractivity contribution in [1.29, 1.82) is 0 Å². The van der Waals surface area contributed by atoms with Crippen LogP contribution in [-0.4, -0.2) is 35.5 Å². The number of fused-ring (bicyclic) bond motifs is 5. The second kappa shape index (κ2) is 4.07. The van der Waals surface area contributed by atoms with Crippen LogP contribution in [0.25, 0.3) is 0 Å². The zero-order valence-corrected chi connectivity index (χ0v) is 11.2. The molecule has 1 aromatic carbocycles. The topological polar surface area (TPSA) is 6.48 Å². The summed E-state index contributed by atoms with van der Waals surface area (Å²) in [5, 5.41) is 0. The normalized spacial score (nSPS) is 35.9. The number of hydrogen-bond acceptors (Lipinski definition) is 2. The first-order chi connectivity index (χ1) is 8.84. The second-order valence-corrected chi connectivity index (χ2v) is 6.25. The molecule has 0 spiro atoms. The molecule has 18 heavy (non-hydrogen) atoms. The molecule has 1 saturated carbocycles. The Kier molecular flexibility index (Phi) is 2.49. The van der Waals surface area contributed by atoms with Gasteiger partial charge in [0.1, 0.15) is 0 Å². The Morgan fingerprint density at radius 2 is 1.83 bits per heavy atom. The molecule has 2 heterocycles. The molecule has 3 atom stereocenters. The van der Waals surface area contributed by atoms with E-state index in [4.69, 9.17) is 0 Å². The van der Waals surface area contributed by atoms with E-state index in [1.807, 2.05) is 0 Å². The molecule has 2 fully saturated rings. The van der Waals surface area contributed by atoms with Gasteiger partial charge in [0.2, 0.25) is 0 Å². The third-order valence-corrected chi connectivity index (χ3v) is 5.31. The summed E-state index contributed by atoms with van der Waals surface area (Å²) < 4.78 is 0. The van der Waals surface area contributed by atoms with E-state index in [1.54, 1.807) is 11.1 Å². The molecule has 2 nitrogen and oxygen atoms in total. The first-order valence-electron chi connectivity index (χ1n) is 7.38. The van der Waals surface area contributed by atoms with Crippen LogP contribution in [0, 0.1) is 0 Å². The molecule has 0 radical (unpaired) electrons. The Hall–Kier alpha value is -0.860. The lowest BCUT2D eigenvalue weighted by Crippen LogP contribution is -2.58. The van der Waals surface area contributed by atoms with Crippen LogP contribution >= 0.6 is 0 Å². The molecular weight excluding hydrogens is 220 g/mol. The lowest BCUT2D eigenvalue weighted by Gasteiger charge is -2.50. The van der Waals surface area contributed by atoms with E-state index in [0.29, 0.717) is 6.04 Å². The van der Waals surface area contributed by atoms with Crippen molar-refractivity contribution in [2.75, 3.05) is 13.6 Å². The molecule has 0 amide bonds. The molecule has 0 N–H and O–H groups in total. The highest BCUT2D eigenvalue weighted by atomic mass is 15.3. The van der Waals surface area contributed by atoms with Gasteiger partial charge in [0, 0.05) is 31.2 Å². The summed E-state index contributed by atoms with van der Waals surface area (Å²) in [7, 11) is 2.33. The van der Waals surface area contributed by atoms with Crippen molar-refractivity contribution in [1.82, 2.24) is 9.80 Å². The van der Waals surface area contributed by atoms with E-state index in [2.05, 4.69) is 41.1 Å². The fourth-order valence-electron chi connectivity index (χ4n) is 4.44. The van der Waals surface area contributed by atoms with E-state index in [9.17, 15) is 0 Å². The average Bonchev–Trinajstić information content (AvgIpc) is 2.78. The molecule has 3 unspecified atom stereocenters. The van der Waals surface area contributed by atoms with E-state index in [0.717, 1.165) is 12.1 Å². The van der Waals surface area contributed by atoms with Gasteiger partial charge in [-0.1, -0.05) is 37.1 Å². The van der Waals surface area contributed by atoms with Crippen molar-refractivity contribution in [2.45, 2.75) is 50.4 Å². The highest BCUT2D eigenvalue weighted by Gasteiger charge is 2.44. The maximum atomic E-state index is 2.80. The van der Waals surface area contributed by atoms with Gasteiger partial charge in [0.25, 0.3) is 0 Å². The van der Waals surface area contributed by atoms with Crippen LogP contribution in [0.1, 0.15) is 42.9 Å². The summed E-state index contributed by atoms with van der Waals surface area (Å²) in [6.45, 7) is 2.41. The van der Waals surface area contributed by atoms with Gasteiger partial charge in [-0.2, -0.15) is 0 Å². The van der Waals surface area contributed by atoms with Crippen molar-refractivity contribution in [2.24, 2.45) is 0 Å². The fourth-order valence-corrected chi connectivity index (χ4v) is 4.44. The molecule has 1 aliphatic carbocycles. The van der Waals surface area contributed by atoms with Crippen molar-refractivity contribution in [3.8, 4) is 0 Å². The number of rotatable bonds is 0. The van der Waals surface area contributed by atoms with Gasteiger partial charge in [-0.3, -0.25) is 9.80 Å². The molecule has 0 aromatic heterocycles. The predicted molar refractivity (Wildman–Crippen MR) is 73.4 cm³/mol. The molecule has 1 saturated heterocycles. The van der Waals surface area contributed by atoms with E-state index in [1.165, 1.54) is 38.8 Å². The van der Waals surface area contributed by atoms with Crippen LogP contribution in [0.3, 0.4) is 0 Å². The van der Waals surface area contributed by atoms with Gasteiger partial charge in [-0.05, 0) is 31.0 Å². The minimum atomic E-state index is 0.658. The summed E-state index contributed by atoms with van der Waals surface area (Å²) >= 11 is 0. The van der Waals surface area contributed by atoms with Crippen LogP contribution < -0.4 is 0 Å². The second-order valence-electron chi connectivity index (χ2n) is 6.25. The summed E-state index contributed by atoms with van der Waals surface area (Å²) in [6, 6.07) is 11.3. The van der Waals surface area contributed by atoms with Crippen molar-refractivity contribution < 1.29 is 0 Å². The first-order valence-corrected chi connectivity index (χ1v) is 7.38. The standard InChI is InChI=1S/C16H22N2/c1-17-11-16-13-7-3-2-6-12(13)10-18(16)15-9-5-4-8-14(15)17/h2-3,6-7,14-16H,4-5,8-11H2,1H3. The molecular formula is C16H22N2. The number of hydrogen-bond donors (Lipinski definition) is 0. The third-order valence-electron chi connectivity index (χ3n) is 5.31. The minimum absolute atomic E-state index is 0.658. The zero-order valence-electron chi connectivity index (χ0n) is 11.2. The zero-order chi connectivity index (χ0) is 12.1. The summed E-state index contributed by atoms with van der Waals surface area (Å²) in [5.41, 5.74) is 3.16. The van der Waals surface area contributed by atoms with Crippen molar-refractivity contribution >= 4 is 0 Å². The van der Waals surface area contributed by atoms with Crippen molar-refractivity contribution in [3.63, 3.8) is 0 Å². The summed E-state index contributed by atoms with van der Waals surface area (Å²) in [6.07, 6.45) is 5.66. The molecule has 1 aromatic rings. The van der Waals surface area contributed by atoms with Gasteiger partial charge in [-0.15, -0.1) is 0 Å². The smallest absolute Gasteiger partial charge is 0.0485 e. The lowest BCUT2D eigenvalue weighted by molar-refractivity contribution is -0.0253. The molecule has 0 bridgehead atoms. The minimum Gasteiger partial charge on any atom is -0.300 e. The average molecular weight is 242 g/mol. The first kappa shape index (κ1) is 11.0. The molecule has 2 aliphatic heterocycles.